The first kappa shape index (κ1) is 14.8. The molecule has 4 aromatic rings. The van der Waals surface area contributed by atoms with Crippen molar-refractivity contribution in [1.29, 1.82) is 0 Å². The first-order chi connectivity index (χ1) is 11.7. The molecule has 0 amide bonds. The van der Waals surface area contributed by atoms with Crippen molar-refractivity contribution >= 4 is 21.6 Å². The Kier molecular flexibility index (Phi) is 3.74. The minimum absolute atomic E-state index is 0.282. The molecule has 0 radical (unpaired) electrons. The molecule has 122 valence electrons. The molecule has 2 N–H and O–H groups in total. The fourth-order valence-electron chi connectivity index (χ4n) is 2.38. The van der Waals surface area contributed by atoms with Gasteiger partial charge in [-0.1, -0.05) is 15.9 Å². The maximum atomic E-state index is 5.48. The van der Waals surface area contributed by atoms with Crippen LogP contribution in [0.15, 0.2) is 22.9 Å². The van der Waals surface area contributed by atoms with E-state index in [9.17, 15) is 0 Å². The summed E-state index contributed by atoms with van der Waals surface area (Å²) in [6.45, 7) is 0. The Balaban J connectivity index is 1.69. The van der Waals surface area contributed by atoms with Crippen molar-refractivity contribution in [3.05, 3.63) is 34.3 Å². The van der Waals surface area contributed by atoms with E-state index >= 15 is 0 Å². The molecule has 0 spiro atoms. The summed E-state index contributed by atoms with van der Waals surface area (Å²) >= 11 is 3.58. The molecule has 0 aromatic carbocycles. The topological polar surface area (TPSA) is 135 Å². The largest absolute Gasteiger partial charge is 0.373 e. The molecule has 1 unspecified atom stereocenters. The molecule has 0 bridgehead atoms. The normalized spacial score (nSPS) is 12.8. The van der Waals surface area contributed by atoms with Crippen LogP contribution in [0.4, 0.5) is 0 Å². The fraction of sp³-hybridized carbons (Fsp3) is 0.250. The van der Waals surface area contributed by atoms with Gasteiger partial charge in [-0.3, -0.25) is 0 Å². The van der Waals surface area contributed by atoms with Crippen LogP contribution in [0.2, 0.25) is 0 Å². The monoisotopic (exact) mass is 390 g/mol. The van der Waals surface area contributed by atoms with Crippen LogP contribution in [-0.4, -0.2) is 57.7 Å². The number of aromatic amines is 2. The molecule has 0 fully saturated rings. The van der Waals surface area contributed by atoms with Crippen molar-refractivity contribution in [3.63, 3.8) is 0 Å². The van der Waals surface area contributed by atoms with Crippen LogP contribution >= 0.6 is 15.9 Å². The minimum Gasteiger partial charge on any atom is -0.373 e. The summed E-state index contributed by atoms with van der Waals surface area (Å²) in [5, 5.41) is 27.5. The van der Waals surface area contributed by atoms with Crippen LogP contribution < -0.4 is 0 Å². The zero-order valence-corrected chi connectivity index (χ0v) is 14.0. The van der Waals surface area contributed by atoms with Gasteiger partial charge in [-0.05, 0) is 32.5 Å². The van der Waals surface area contributed by atoms with E-state index in [0.717, 1.165) is 15.7 Å². The maximum absolute atomic E-state index is 5.48. The maximum Gasteiger partial charge on any atom is 0.199 e. The van der Waals surface area contributed by atoms with Crippen molar-refractivity contribution in [2.75, 3.05) is 7.11 Å². The Morgan fingerprint density at radius 2 is 2.04 bits per heavy atom. The number of halogens is 1. The number of pyridine rings is 1. The average molecular weight is 391 g/mol. The molecule has 0 saturated carbocycles. The lowest BCUT2D eigenvalue weighted by molar-refractivity contribution is 0.0959. The molecule has 0 aliphatic carbocycles. The lowest BCUT2D eigenvalue weighted by Crippen LogP contribution is -2.08. The molecular weight excluding hydrogens is 380 g/mol. The van der Waals surface area contributed by atoms with Gasteiger partial charge in [0.05, 0.1) is 0 Å². The molecule has 0 saturated heterocycles. The molecule has 0 aliphatic rings. The highest BCUT2D eigenvalue weighted by molar-refractivity contribution is 9.10. The minimum atomic E-state index is -0.282. The predicted molar refractivity (Wildman–Crippen MR) is 83.7 cm³/mol. The van der Waals surface area contributed by atoms with Crippen LogP contribution in [0.3, 0.4) is 0 Å². The van der Waals surface area contributed by atoms with E-state index < -0.39 is 0 Å². The Morgan fingerprint density at radius 3 is 2.75 bits per heavy atom. The smallest absolute Gasteiger partial charge is 0.199 e. The number of hydrogen-bond acceptors (Lipinski definition) is 8. The van der Waals surface area contributed by atoms with E-state index in [1.165, 1.54) is 0 Å². The number of hydrogen-bond donors (Lipinski definition) is 2. The number of H-pyrrole nitrogens is 2. The first-order valence-electron chi connectivity index (χ1n) is 6.92. The first-order valence-corrected chi connectivity index (χ1v) is 7.71. The second kappa shape index (κ2) is 6.05. The van der Waals surface area contributed by atoms with E-state index in [0.29, 0.717) is 23.8 Å². The van der Waals surface area contributed by atoms with E-state index in [1.807, 2.05) is 22.9 Å². The summed E-state index contributed by atoms with van der Waals surface area (Å²) in [5.41, 5.74) is 2.45. The Hall–Kier alpha value is -2.73. The highest BCUT2D eigenvalue weighted by Crippen LogP contribution is 2.26. The van der Waals surface area contributed by atoms with E-state index in [2.05, 4.69) is 62.2 Å². The van der Waals surface area contributed by atoms with Gasteiger partial charge in [0.15, 0.2) is 11.6 Å². The molecule has 24 heavy (non-hydrogen) atoms. The Labute approximate surface area is 143 Å². The number of rotatable bonds is 5. The third-order valence-corrected chi connectivity index (χ3v) is 4.30. The van der Waals surface area contributed by atoms with E-state index in [1.54, 1.807) is 7.11 Å². The average Bonchev–Trinajstić information content (AvgIpc) is 3.31. The van der Waals surface area contributed by atoms with Gasteiger partial charge in [0, 0.05) is 30.4 Å². The summed E-state index contributed by atoms with van der Waals surface area (Å²) in [5.74, 6) is 1.09. The van der Waals surface area contributed by atoms with Gasteiger partial charge in [0.1, 0.15) is 17.4 Å². The third-order valence-electron chi connectivity index (χ3n) is 3.56. The molecule has 0 aliphatic heterocycles. The number of nitrogens with one attached hydrogen (secondary N) is 2. The molecule has 4 rings (SSSR count). The van der Waals surface area contributed by atoms with Crippen molar-refractivity contribution in [2.24, 2.45) is 0 Å². The predicted octanol–water partition coefficient (Wildman–Crippen LogP) is 0.720. The van der Waals surface area contributed by atoms with Crippen LogP contribution in [0.1, 0.15) is 17.5 Å². The molecule has 4 aromatic heterocycles. The summed E-state index contributed by atoms with van der Waals surface area (Å²) in [7, 11) is 1.62. The van der Waals surface area contributed by atoms with Gasteiger partial charge in [-0.25, -0.2) is 15.2 Å². The van der Waals surface area contributed by atoms with Crippen molar-refractivity contribution in [1.82, 2.24) is 50.6 Å². The number of imidazole rings is 1. The summed E-state index contributed by atoms with van der Waals surface area (Å²) in [6, 6.07) is 1.92. The molecule has 11 nitrogen and oxygen atoms in total. The number of methoxy groups -OCH3 is 1. The summed E-state index contributed by atoms with van der Waals surface area (Å²) in [4.78, 5) is 4.50. The highest BCUT2D eigenvalue weighted by atomic mass is 79.9. The van der Waals surface area contributed by atoms with Crippen LogP contribution in [0, 0.1) is 0 Å². The van der Waals surface area contributed by atoms with E-state index in [4.69, 9.17) is 4.74 Å². The van der Waals surface area contributed by atoms with Crippen molar-refractivity contribution < 1.29 is 4.74 Å². The van der Waals surface area contributed by atoms with Gasteiger partial charge in [-0.15, -0.1) is 10.2 Å². The van der Waals surface area contributed by atoms with Gasteiger partial charge in [0.2, 0.25) is 0 Å². The van der Waals surface area contributed by atoms with Crippen molar-refractivity contribution in [3.8, 4) is 11.5 Å². The highest BCUT2D eigenvalue weighted by Gasteiger charge is 2.18. The SMILES string of the molecule is COC(Cc1cn2cc(-c3nnn[nH]3)nc2cc1Br)c1nnn[nH]1. The van der Waals surface area contributed by atoms with E-state index in [-0.39, 0.29) is 6.10 Å². The van der Waals surface area contributed by atoms with Gasteiger partial charge >= 0.3 is 0 Å². The zero-order chi connectivity index (χ0) is 16.5. The summed E-state index contributed by atoms with van der Waals surface area (Å²) in [6.07, 6.45) is 4.12. The van der Waals surface area contributed by atoms with Crippen LogP contribution in [0.25, 0.3) is 17.2 Å². The zero-order valence-electron chi connectivity index (χ0n) is 12.4. The molecular formula is C12H11BrN10O. The third kappa shape index (κ3) is 2.65. The quantitative estimate of drug-likeness (QED) is 0.508. The lowest BCUT2D eigenvalue weighted by Gasteiger charge is -2.13. The van der Waals surface area contributed by atoms with Crippen molar-refractivity contribution in [2.45, 2.75) is 12.5 Å². The molecule has 1 atom stereocenters. The van der Waals surface area contributed by atoms with Gasteiger partial charge in [-0.2, -0.15) is 0 Å². The standard InChI is InChI=1S/C12H11BrN10O/c1-24-9(12-17-21-22-18-12)2-6-4-23-5-8(11-15-19-20-16-11)14-10(23)3-7(6)13/h3-5,9H,2H2,1H3,(H,15,16,19,20)(H,17,18,21,22). The Bertz CT molecular complexity index is 948. The molecule has 4 heterocycles. The van der Waals surface area contributed by atoms with Crippen LogP contribution in [0.5, 0.6) is 0 Å². The molecule has 12 heteroatoms. The summed E-state index contributed by atoms with van der Waals surface area (Å²) < 4.78 is 8.30. The second-order valence-corrected chi connectivity index (χ2v) is 5.86. The number of ether oxygens (including phenoxy) is 1. The number of tetrazole rings is 2. The number of fused-ring (bicyclic) bond motifs is 1. The lowest BCUT2D eigenvalue weighted by atomic mass is 10.1. The Morgan fingerprint density at radius 1 is 1.21 bits per heavy atom. The second-order valence-electron chi connectivity index (χ2n) is 5.00. The number of nitrogens with zero attached hydrogens (tertiary/aromatic N) is 8. The fourth-order valence-corrected chi connectivity index (χ4v) is 2.85. The van der Waals surface area contributed by atoms with Crippen LogP contribution in [-0.2, 0) is 11.2 Å². The van der Waals surface area contributed by atoms with Gasteiger partial charge in [0.25, 0.3) is 0 Å². The van der Waals surface area contributed by atoms with Gasteiger partial charge < -0.3 is 9.14 Å². The number of aromatic nitrogens is 10.